The van der Waals surface area contributed by atoms with Crippen molar-refractivity contribution in [1.29, 1.82) is 0 Å². The summed E-state index contributed by atoms with van der Waals surface area (Å²) >= 11 is 6.17. The van der Waals surface area contributed by atoms with Gasteiger partial charge in [0.25, 0.3) is 0 Å². The summed E-state index contributed by atoms with van der Waals surface area (Å²) in [5.74, 6) is 0.753. The number of hydrogen-bond donors (Lipinski definition) is 1. The first kappa shape index (κ1) is 26.5. The smallest absolute Gasteiger partial charge is 0.243 e. The van der Waals surface area contributed by atoms with Gasteiger partial charge in [0.05, 0.1) is 30.7 Å². The number of ether oxygens (including phenoxy) is 2. The predicted molar refractivity (Wildman–Crippen MR) is 137 cm³/mol. The van der Waals surface area contributed by atoms with Crippen LogP contribution in [0.25, 0.3) is 0 Å². The Morgan fingerprint density at radius 1 is 0.914 bits per heavy atom. The summed E-state index contributed by atoms with van der Waals surface area (Å²) in [5.41, 5.74) is 2.01. The van der Waals surface area contributed by atoms with Crippen LogP contribution in [0.3, 0.4) is 0 Å². The van der Waals surface area contributed by atoms with Gasteiger partial charge in [0.1, 0.15) is 11.5 Å². The lowest BCUT2D eigenvalue weighted by molar-refractivity contribution is -0.121. The van der Waals surface area contributed by atoms with E-state index in [1.165, 1.54) is 29.6 Å². The van der Waals surface area contributed by atoms with E-state index in [1.807, 2.05) is 54.6 Å². The van der Waals surface area contributed by atoms with Gasteiger partial charge in [-0.3, -0.25) is 4.79 Å². The summed E-state index contributed by atoms with van der Waals surface area (Å²) in [6, 6.07) is 21.4. The highest BCUT2D eigenvalue weighted by Crippen LogP contribution is 2.28. The van der Waals surface area contributed by atoms with E-state index >= 15 is 0 Å². The van der Waals surface area contributed by atoms with E-state index in [-0.39, 0.29) is 28.9 Å². The number of carbonyl (C=O) groups is 1. The molecule has 0 atom stereocenters. The van der Waals surface area contributed by atoms with Crippen LogP contribution in [-0.4, -0.2) is 52.5 Å². The van der Waals surface area contributed by atoms with Crippen LogP contribution >= 0.6 is 11.6 Å². The standard InChI is InChI=1S/C26H29ClN2O5S/c1-33-22-10-8-21(9-11-22)14-16-28-26(30)19-29(17-15-20-6-4-3-5-7-20)35(31,32)23-12-13-25(34-2)24(27)18-23/h3-13,18H,14-17,19H2,1-2H3,(H,28,30). The van der Waals surface area contributed by atoms with E-state index in [4.69, 9.17) is 21.1 Å². The van der Waals surface area contributed by atoms with Gasteiger partial charge in [-0.2, -0.15) is 4.31 Å². The Balaban J connectivity index is 1.70. The van der Waals surface area contributed by atoms with Gasteiger partial charge < -0.3 is 14.8 Å². The molecule has 9 heteroatoms. The molecule has 0 aliphatic heterocycles. The second kappa shape index (κ2) is 12.6. The minimum atomic E-state index is -3.98. The molecule has 7 nitrogen and oxygen atoms in total. The van der Waals surface area contributed by atoms with Gasteiger partial charge >= 0.3 is 0 Å². The molecule has 0 aliphatic rings. The number of benzene rings is 3. The summed E-state index contributed by atoms with van der Waals surface area (Å²) in [7, 11) is -0.920. The number of amides is 1. The van der Waals surface area contributed by atoms with Gasteiger partial charge in [-0.15, -0.1) is 0 Å². The molecule has 0 fully saturated rings. The molecule has 35 heavy (non-hydrogen) atoms. The SMILES string of the molecule is COc1ccc(CCNC(=O)CN(CCc2ccccc2)S(=O)(=O)c2ccc(OC)c(Cl)c2)cc1. The van der Waals surface area contributed by atoms with Gasteiger partial charge in [-0.05, 0) is 54.3 Å². The largest absolute Gasteiger partial charge is 0.497 e. The first-order valence-electron chi connectivity index (χ1n) is 11.1. The second-order valence-electron chi connectivity index (χ2n) is 7.82. The molecule has 1 amide bonds. The van der Waals surface area contributed by atoms with Crippen molar-refractivity contribution in [3.05, 3.63) is 88.9 Å². The Kier molecular flexibility index (Phi) is 9.54. The summed E-state index contributed by atoms with van der Waals surface area (Å²) in [5, 5.41) is 3.00. The first-order chi connectivity index (χ1) is 16.8. The van der Waals surface area contributed by atoms with Crippen molar-refractivity contribution in [2.75, 3.05) is 33.9 Å². The molecule has 0 bridgehead atoms. The quantitative estimate of drug-likeness (QED) is 0.394. The Bertz CT molecular complexity index is 1220. The molecule has 0 unspecified atom stereocenters. The minimum Gasteiger partial charge on any atom is -0.497 e. The second-order valence-corrected chi connectivity index (χ2v) is 10.2. The van der Waals surface area contributed by atoms with Crippen molar-refractivity contribution in [2.45, 2.75) is 17.7 Å². The molecule has 0 saturated heterocycles. The number of sulfonamides is 1. The lowest BCUT2D eigenvalue weighted by Crippen LogP contribution is -2.42. The van der Waals surface area contributed by atoms with Gasteiger partial charge in [0.15, 0.2) is 0 Å². The minimum absolute atomic E-state index is 0.00222. The third kappa shape index (κ3) is 7.45. The highest BCUT2D eigenvalue weighted by Gasteiger charge is 2.27. The lowest BCUT2D eigenvalue weighted by Gasteiger charge is -2.22. The van der Waals surface area contributed by atoms with Gasteiger partial charge in [-0.1, -0.05) is 54.1 Å². The van der Waals surface area contributed by atoms with Gasteiger partial charge in [0, 0.05) is 13.1 Å². The summed E-state index contributed by atoms with van der Waals surface area (Å²) in [4.78, 5) is 12.7. The fraction of sp³-hybridized carbons (Fsp3) is 0.269. The van der Waals surface area contributed by atoms with Crippen LogP contribution in [0, 0.1) is 0 Å². The number of nitrogens with zero attached hydrogens (tertiary/aromatic N) is 1. The zero-order valence-electron chi connectivity index (χ0n) is 19.7. The Labute approximate surface area is 211 Å². The van der Waals surface area contributed by atoms with Crippen LogP contribution in [0.4, 0.5) is 0 Å². The maximum atomic E-state index is 13.4. The Hall–Kier alpha value is -3.07. The summed E-state index contributed by atoms with van der Waals surface area (Å²) < 4.78 is 38.3. The molecule has 0 spiro atoms. The van der Waals surface area contributed by atoms with Crippen molar-refractivity contribution in [3.8, 4) is 11.5 Å². The maximum Gasteiger partial charge on any atom is 0.243 e. The molecule has 0 saturated carbocycles. The van der Waals surface area contributed by atoms with E-state index in [9.17, 15) is 13.2 Å². The number of methoxy groups -OCH3 is 2. The monoisotopic (exact) mass is 516 g/mol. The van der Waals surface area contributed by atoms with Crippen molar-refractivity contribution in [2.24, 2.45) is 0 Å². The normalized spacial score (nSPS) is 11.3. The number of hydrogen-bond acceptors (Lipinski definition) is 5. The number of nitrogens with one attached hydrogen (secondary N) is 1. The Morgan fingerprint density at radius 2 is 1.60 bits per heavy atom. The molecular weight excluding hydrogens is 488 g/mol. The van der Waals surface area contributed by atoms with Crippen LogP contribution in [0.5, 0.6) is 11.5 Å². The van der Waals surface area contributed by atoms with E-state index < -0.39 is 10.0 Å². The van der Waals surface area contributed by atoms with Crippen LogP contribution < -0.4 is 14.8 Å². The summed E-state index contributed by atoms with van der Waals surface area (Å²) in [6.45, 7) is 0.218. The molecule has 0 aliphatic carbocycles. The molecule has 3 rings (SSSR count). The average molecular weight is 517 g/mol. The van der Waals surface area contributed by atoms with E-state index in [1.54, 1.807) is 7.11 Å². The zero-order chi connectivity index (χ0) is 25.3. The highest BCUT2D eigenvalue weighted by molar-refractivity contribution is 7.89. The molecule has 3 aromatic carbocycles. The zero-order valence-corrected chi connectivity index (χ0v) is 21.3. The third-order valence-corrected chi connectivity index (χ3v) is 7.61. The fourth-order valence-electron chi connectivity index (χ4n) is 3.49. The topological polar surface area (TPSA) is 84.9 Å². The fourth-order valence-corrected chi connectivity index (χ4v) is 5.24. The van der Waals surface area contributed by atoms with Crippen molar-refractivity contribution in [1.82, 2.24) is 9.62 Å². The molecule has 0 radical (unpaired) electrons. The molecule has 0 heterocycles. The van der Waals surface area contributed by atoms with Crippen LogP contribution in [0.2, 0.25) is 5.02 Å². The average Bonchev–Trinajstić information content (AvgIpc) is 2.87. The van der Waals surface area contributed by atoms with Gasteiger partial charge in [-0.25, -0.2) is 8.42 Å². The number of rotatable bonds is 12. The highest BCUT2D eigenvalue weighted by atomic mass is 35.5. The van der Waals surface area contributed by atoms with E-state index in [2.05, 4.69) is 5.32 Å². The molecular formula is C26H29ClN2O5S. The predicted octanol–water partition coefficient (Wildman–Crippen LogP) is 3.95. The summed E-state index contributed by atoms with van der Waals surface area (Å²) in [6.07, 6.45) is 1.07. The molecule has 0 aromatic heterocycles. The number of carbonyl (C=O) groups excluding carboxylic acids is 1. The van der Waals surface area contributed by atoms with Crippen LogP contribution in [-0.2, 0) is 27.7 Å². The van der Waals surface area contributed by atoms with Crippen molar-refractivity contribution >= 4 is 27.5 Å². The van der Waals surface area contributed by atoms with Crippen LogP contribution in [0.15, 0.2) is 77.7 Å². The van der Waals surface area contributed by atoms with E-state index in [0.29, 0.717) is 25.1 Å². The molecule has 186 valence electrons. The molecule has 3 aromatic rings. The van der Waals surface area contributed by atoms with Crippen molar-refractivity contribution < 1.29 is 22.7 Å². The molecule has 1 N–H and O–H groups in total. The van der Waals surface area contributed by atoms with E-state index in [0.717, 1.165) is 16.9 Å². The number of halogens is 1. The van der Waals surface area contributed by atoms with Crippen LogP contribution in [0.1, 0.15) is 11.1 Å². The third-order valence-electron chi connectivity index (χ3n) is 5.47. The lowest BCUT2D eigenvalue weighted by atomic mass is 10.1. The first-order valence-corrected chi connectivity index (χ1v) is 12.9. The van der Waals surface area contributed by atoms with Crippen molar-refractivity contribution in [3.63, 3.8) is 0 Å². The maximum absolute atomic E-state index is 13.4. The Morgan fingerprint density at radius 3 is 2.23 bits per heavy atom. The van der Waals surface area contributed by atoms with Gasteiger partial charge in [0.2, 0.25) is 15.9 Å².